The molecular weight excluding hydrogens is 276 g/mol. The number of rotatable bonds is 6. The van der Waals surface area contributed by atoms with Crippen LogP contribution in [0.3, 0.4) is 0 Å². The van der Waals surface area contributed by atoms with Gasteiger partial charge in [-0.1, -0.05) is 0 Å². The zero-order valence-electron chi connectivity index (χ0n) is 13.7. The van der Waals surface area contributed by atoms with Crippen LogP contribution in [-0.2, 0) is 13.5 Å². The van der Waals surface area contributed by atoms with E-state index in [-0.39, 0.29) is 0 Å². The van der Waals surface area contributed by atoms with E-state index in [4.69, 9.17) is 4.42 Å². The predicted molar refractivity (Wildman–Crippen MR) is 86.9 cm³/mol. The maximum atomic E-state index is 5.42. The molecule has 0 aliphatic carbocycles. The van der Waals surface area contributed by atoms with Gasteiger partial charge < -0.3 is 19.2 Å². The van der Waals surface area contributed by atoms with Gasteiger partial charge in [-0.25, -0.2) is 4.98 Å². The standard InChI is InChI=1S/C17H26N4O/c1-13(6-7-14-5-4-8-22-14)19-16-11-20(2)10-15(16)17-9-18-12-21(17)3/h4-5,8-9,12-13,15-16,19H,6-7,10-11H2,1-3H3/t13?,15-,16-/m1/s1. The van der Waals surface area contributed by atoms with Crippen molar-refractivity contribution in [2.75, 3.05) is 20.1 Å². The number of hydrogen-bond donors (Lipinski definition) is 1. The van der Waals surface area contributed by atoms with Gasteiger partial charge in [0.15, 0.2) is 0 Å². The Bertz CT molecular complexity index is 577. The van der Waals surface area contributed by atoms with Gasteiger partial charge in [-0.05, 0) is 32.5 Å². The summed E-state index contributed by atoms with van der Waals surface area (Å²) in [6, 6.07) is 4.95. The molecule has 0 radical (unpaired) electrons. The number of likely N-dealkylation sites (tertiary alicyclic amines) is 1. The third-order valence-corrected chi connectivity index (χ3v) is 4.64. The van der Waals surface area contributed by atoms with E-state index in [1.54, 1.807) is 6.26 Å². The number of aromatic nitrogens is 2. The number of imidazole rings is 1. The lowest BCUT2D eigenvalue weighted by molar-refractivity contribution is 0.374. The molecule has 1 aliphatic rings. The molecule has 0 bridgehead atoms. The first kappa shape index (κ1) is 15.3. The minimum atomic E-state index is 0.470. The second-order valence-corrected chi connectivity index (χ2v) is 6.55. The van der Waals surface area contributed by atoms with E-state index in [2.05, 4.69) is 46.9 Å². The van der Waals surface area contributed by atoms with Gasteiger partial charge in [-0.15, -0.1) is 0 Å². The molecule has 5 heteroatoms. The van der Waals surface area contributed by atoms with Crippen LogP contribution in [0.5, 0.6) is 0 Å². The fourth-order valence-corrected chi connectivity index (χ4v) is 3.46. The lowest BCUT2D eigenvalue weighted by Gasteiger charge is -2.24. The van der Waals surface area contributed by atoms with Crippen LogP contribution < -0.4 is 5.32 Å². The van der Waals surface area contributed by atoms with Gasteiger partial charge >= 0.3 is 0 Å². The highest BCUT2D eigenvalue weighted by molar-refractivity contribution is 5.14. The van der Waals surface area contributed by atoms with E-state index in [1.165, 1.54) is 5.69 Å². The Kier molecular flexibility index (Phi) is 4.64. The first-order valence-corrected chi connectivity index (χ1v) is 8.06. The summed E-state index contributed by atoms with van der Waals surface area (Å²) in [6.07, 6.45) is 7.72. The summed E-state index contributed by atoms with van der Waals surface area (Å²) < 4.78 is 7.56. The first-order chi connectivity index (χ1) is 10.6. The fourth-order valence-electron chi connectivity index (χ4n) is 3.46. The maximum Gasteiger partial charge on any atom is 0.103 e. The quantitative estimate of drug-likeness (QED) is 0.887. The monoisotopic (exact) mass is 302 g/mol. The van der Waals surface area contributed by atoms with Crippen LogP contribution in [0, 0.1) is 0 Å². The van der Waals surface area contributed by atoms with Gasteiger partial charge in [0.1, 0.15) is 5.76 Å². The molecule has 22 heavy (non-hydrogen) atoms. The molecule has 2 aromatic heterocycles. The summed E-state index contributed by atoms with van der Waals surface area (Å²) in [5.41, 5.74) is 1.32. The first-order valence-electron chi connectivity index (χ1n) is 8.06. The Labute approximate surface area is 132 Å². The van der Waals surface area contributed by atoms with E-state index in [1.807, 2.05) is 18.6 Å². The molecular formula is C17H26N4O. The molecule has 3 atom stereocenters. The normalized spacial score (nSPS) is 24.0. The van der Waals surface area contributed by atoms with Gasteiger partial charge in [0.2, 0.25) is 0 Å². The summed E-state index contributed by atoms with van der Waals surface area (Å²) in [5, 5.41) is 3.81. The number of likely N-dealkylation sites (N-methyl/N-ethyl adjacent to an activating group) is 1. The van der Waals surface area contributed by atoms with Crippen molar-refractivity contribution in [3.63, 3.8) is 0 Å². The van der Waals surface area contributed by atoms with E-state index < -0.39 is 0 Å². The highest BCUT2D eigenvalue weighted by Crippen LogP contribution is 2.26. The molecule has 0 aromatic carbocycles. The Morgan fingerprint density at radius 2 is 2.27 bits per heavy atom. The molecule has 0 saturated carbocycles. The van der Waals surface area contributed by atoms with Crippen molar-refractivity contribution in [3.8, 4) is 0 Å². The van der Waals surface area contributed by atoms with Crippen molar-refractivity contribution < 1.29 is 4.42 Å². The zero-order chi connectivity index (χ0) is 15.5. The van der Waals surface area contributed by atoms with Gasteiger partial charge in [-0.2, -0.15) is 0 Å². The van der Waals surface area contributed by atoms with E-state index in [0.29, 0.717) is 18.0 Å². The van der Waals surface area contributed by atoms with Crippen molar-refractivity contribution in [2.45, 2.75) is 37.8 Å². The van der Waals surface area contributed by atoms with Crippen LogP contribution in [0.4, 0.5) is 0 Å². The smallest absolute Gasteiger partial charge is 0.103 e. The number of hydrogen-bond acceptors (Lipinski definition) is 4. The highest BCUT2D eigenvalue weighted by atomic mass is 16.3. The number of furan rings is 1. The van der Waals surface area contributed by atoms with Crippen LogP contribution in [-0.4, -0.2) is 46.7 Å². The SMILES string of the molecule is CC(CCc1ccco1)N[C@@H]1CN(C)C[C@H]1c1cncn1C. The fraction of sp³-hybridized carbons (Fsp3) is 0.588. The van der Waals surface area contributed by atoms with Crippen molar-refractivity contribution >= 4 is 0 Å². The molecule has 1 N–H and O–H groups in total. The van der Waals surface area contributed by atoms with Crippen LogP contribution >= 0.6 is 0 Å². The maximum absolute atomic E-state index is 5.42. The molecule has 3 heterocycles. The lowest BCUT2D eigenvalue weighted by atomic mass is 9.98. The van der Waals surface area contributed by atoms with Gasteiger partial charge in [0, 0.05) is 56.5 Å². The molecule has 1 saturated heterocycles. The zero-order valence-corrected chi connectivity index (χ0v) is 13.7. The summed E-state index contributed by atoms with van der Waals surface area (Å²) in [7, 11) is 4.27. The molecule has 1 aliphatic heterocycles. The summed E-state index contributed by atoms with van der Waals surface area (Å²) >= 11 is 0. The number of nitrogens with one attached hydrogen (secondary N) is 1. The van der Waals surface area contributed by atoms with Crippen LogP contribution in [0.15, 0.2) is 35.3 Å². The molecule has 0 spiro atoms. The second kappa shape index (κ2) is 6.67. The van der Waals surface area contributed by atoms with E-state index >= 15 is 0 Å². The average molecular weight is 302 g/mol. The highest BCUT2D eigenvalue weighted by Gasteiger charge is 2.34. The van der Waals surface area contributed by atoms with Crippen molar-refractivity contribution in [1.82, 2.24) is 19.8 Å². The van der Waals surface area contributed by atoms with Crippen molar-refractivity contribution in [3.05, 3.63) is 42.4 Å². The summed E-state index contributed by atoms with van der Waals surface area (Å²) in [6.45, 7) is 4.44. The Hall–Kier alpha value is -1.59. The largest absolute Gasteiger partial charge is 0.469 e. The molecule has 1 unspecified atom stereocenters. The van der Waals surface area contributed by atoms with Gasteiger partial charge in [0.05, 0.1) is 12.6 Å². The van der Waals surface area contributed by atoms with Crippen LogP contribution in [0.1, 0.15) is 30.7 Å². The molecule has 3 rings (SSSR count). The third-order valence-electron chi connectivity index (χ3n) is 4.64. The van der Waals surface area contributed by atoms with Crippen LogP contribution in [0.25, 0.3) is 0 Å². The summed E-state index contributed by atoms with van der Waals surface area (Å²) in [5.74, 6) is 1.57. The minimum absolute atomic E-state index is 0.470. The summed E-state index contributed by atoms with van der Waals surface area (Å²) in [4.78, 5) is 6.68. The van der Waals surface area contributed by atoms with E-state index in [9.17, 15) is 0 Å². The molecule has 5 nitrogen and oxygen atoms in total. The molecule has 1 fully saturated rings. The van der Waals surface area contributed by atoms with Crippen LogP contribution in [0.2, 0.25) is 0 Å². The molecule has 120 valence electrons. The Balaban J connectivity index is 1.59. The van der Waals surface area contributed by atoms with Gasteiger partial charge in [0.25, 0.3) is 0 Å². The van der Waals surface area contributed by atoms with E-state index in [0.717, 1.165) is 31.7 Å². The van der Waals surface area contributed by atoms with Crippen molar-refractivity contribution in [1.29, 1.82) is 0 Å². The second-order valence-electron chi connectivity index (χ2n) is 6.55. The minimum Gasteiger partial charge on any atom is -0.469 e. The molecule has 0 amide bonds. The number of nitrogens with zero attached hydrogens (tertiary/aromatic N) is 3. The Morgan fingerprint density at radius 1 is 1.41 bits per heavy atom. The number of aryl methyl sites for hydroxylation is 2. The van der Waals surface area contributed by atoms with Crippen molar-refractivity contribution in [2.24, 2.45) is 7.05 Å². The Morgan fingerprint density at radius 3 is 2.95 bits per heavy atom. The molecule has 2 aromatic rings. The third kappa shape index (κ3) is 3.42. The predicted octanol–water partition coefficient (Wildman–Crippen LogP) is 2.02. The van der Waals surface area contributed by atoms with Gasteiger partial charge in [-0.3, -0.25) is 0 Å². The topological polar surface area (TPSA) is 46.2 Å². The lowest BCUT2D eigenvalue weighted by Crippen LogP contribution is -2.41. The average Bonchev–Trinajstić information content (AvgIpc) is 3.18.